The predicted molar refractivity (Wildman–Crippen MR) is 80.5 cm³/mol. The molecule has 0 saturated heterocycles. The molecule has 2 aromatic rings. The van der Waals surface area contributed by atoms with E-state index in [0.29, 0.717) is 0 Å². The molecular formula is C16H21N3O2. The summed E-state index contributed by atoms with van der Waals surface area (Å²) in [6, 6.07) is 9.99. The number of rotatable bonds is 8. The van der Waals surface area contributed by atoms with Gasteiger partial charge in [0.15, 0.2) is 0 Å². The standard InChI is InChI=1S/C16H21N3O2/c1-13-15(11-7-2-3-8-12-16(20)21)19(18-17-13)14-9-5-4-6-10-14/h4-6,9-10H,2-3,7-8,11-12H2,1H3,(H,20,21). The van der Waals surface area contributed by atoms with E-state index in [-0.39, 0.29) is 6.42 Å². The summed E-state index contributed by atoms with van der Waals surface area (Å²) in [4.78, 5) is 10.4. The van der Waals surface area contributed by atoms with Crippen LogP contribution < -0.4 is 0 Å². The number of aromatic nitrogens is 3. The lowest BCUT2D eigenvalue weighted by Crippen LogP contribution is -2.03. The molecule has 0 radical (unpaired) electrons. The van der Waals surface area contributed by atoms with Gasteiger partial charge < -0.3 is 5.11 Å². The lowest BCUT2D eigenvalue weighted by molar-refractivity contribution is -0.137. The van der Waals surface area contributed by atoms with E-state index in [1.807, 2.05) is 41.9 Å². The fourth-order valence-corrected chi connectivity index (χ4v) is 2.36. The van der Waals surface area contributed by atoms with Crippen LogP contribution in [-0.4, -0.2) is 26.1 Å². The molecule has 0 spiro atoms. The second-order valence-corrected chi connectivity index (χ2v) is 5.18. The predicted octanol–water partition coefficient (Wildman–Crippen LogP) is 3.15. The normalized spacial score (nSPS) is 10.7. The maximum absolute atomic E-state index is 10.4. The molecular weight excluding hydrogens is 266 g/mol. The Morgan fingerprint density at radius 1 is 1.14 bits per heavy atom. The first-order valence-corrected chi connectivity index (χ1v) is 7.37. The van der Waals surface area contributed by atoms with Crippen molar-refractivity contribution in [2.75, 3.05) is 0 Å². The number of nitrogens with zero attached hydrogens (tertiary/aromatic N) is 3. The minimum Gasteiger partial charge on any atom is -0.481 e. The molecule has 0 amide bonds. The van der Waals surface area contributed by atoms with Crippen LogP contribution in [0.1, 0.15) is 43.5 Å². The maximum Gasteiger partial charge on any atom is 0.303 e. The van der Waals surface area contributed by atoms with Gasteiger partial charge in [-0.25, -0.2) is 4.68 Å². The van der Waals surface area contributed by atoms with Crippen LogP contribution >= 0.6 is 0 Å². The highest BCUT2D eigenvalue weighted by molar-refractivity contribution is 5.66. The van der Waals surface area contributed by atoms with Gasteiger partial charge in [0, 0.05) is 6.42 Å². The Labute approximate surface area is 124 Å². The highest BCUT2D eigenvalue weighted by Crippen LogP contribution is 2.15. The van der Waals surface area contributed by atoms with Crippen LogP contribution in [0, 0.1) is 6.92 Å². The Balaban J connectivity index is 1.89. The van der Waals surface area contributed by atoms with Crippen molar-refractivity contribution in [2.24, 2.45) is 0 Å². The zero-order valence-electron chi connectivity index (χ0n) is 12.3. The van der Waals surface area contributed by atoms with Gasteiger partial charge in [0.1, 0.15) is 0 Å². The maximum atomic E-state index is 10.4. The summed E-state index contributed by atoms with van der Waals surface area (Å²) in [5, 5.41) is 17.0. The Morgan fingerprint density at radius 2 is 1.86 bits per heavy atom. The fraction of sp³-hybridized carbons (Fsp3) is 0.438. The SMILES string of the molecule is Cc1nnn(-c2ccccc2)c1CCCCCCC(=O)O. The molecule has 1 aromatic carbocycles. The van der Waals surface area contributed by atoms with E-state index in [0.717, 1.165) is 49.2 Å². The number of hydrogen-bond acceptors (Lipinski definition) is 3. The monoisotopic (exact) mass is 287 g/mol. The summed E-state index contributed by atoms with van der Waals surface area (Å²) < 4.78 is 1.90. The third kappa shape index (κ3) is 4.41. The van der Waals surface area contributed by atoms with Crippen molar-refractivity contribution in [1.82, 2.24) is 15.0 Å². The average molecular weight is 287 g/mol. The zero-order valence-corrected chi connectivity index (χ0v) is 12.3. The molecule has 0 aliphatic heterocycles. The van der Waals surface area contributed by atoms with Crippen molar-refractivity contribution in [1.29, 1.82) is 0 Å². The van der Waals surface area contributed by atoms with Gasteiger partial charge in [0.05, 0.1) is 17.1 Å². The molecule has 5 nitrogen and oxygen atoms in total. The minimum atomic E-state index is -0.711. The van der Waals surface area contributed by atoms with E-state index >= 15 is 0 Å². The lowest BCUT2D eigenvalue weighted by atomic mass is 10.1. The van der Waals surface area contributed by atoms with Crippen LogP contribution in [0.4, 0.5) is 0 Å². The van der Waals surface area contributed by atoms with E-state index < -0.39 is 5.97 Å². The number of hydrogen-bond donors (Lipinski definition) is 1. The first-order valence-electron chi connectivity index (χ1n) is 7.37. The molecule has 21 heavy (non-hydrogen) atoms. The Kier molecular flexibility index (Phi) is 5.49. The zero-order chi connectivity index (χ0) is 15.1. The number of aliphatic carboxylic acids is 1. The van der Waals surface area contributed by atoms with Gasteiger partial charge in [-0.15, -0.1) is 5.10 Å². The summed E-state index contributed by atoms with van der Waals surface area (Å²) in [6.45, 7) is 1.98. The van der Waals surface area contributed by atoms with Crippen molar-refractivity contribution >= 4 is 5.97 Å². The molecule has 0 bridgehead atoms. The third-order valence-electron chi connectivity index (χ3n) is 3.51. The number of carbonyl (C=O) groups is 1. The highest BCUT2D eigenvalue weighted by Gasteiger charge is 2.10. The molecule has 0 saturated carbocycles. The molecule has 0 atom stereocenters. The quantitative estimate of drug-likeness (QED) is 0.757. The van der Waals surface area contributed by atoms with Crippen LogP contribution in [-0.2, 0) is 11.2 Å². The lowest BCUT2D eigenvalue weighted by Gasteiger charge is -2.07. The van der Waals surface area contributed by atoms with Crippen molar-refractivity contribution in [3.05, 3.63) is 41.7 Å². The first-order chi connectivity index (χ1) is 10.2. The van der Waals surface area contributed by atoms with Gasteiger partial charge in [-0.2, -0.15) is 0 Å². The number of carboxylic acid groups (broad SMARTS) is 1. The summed E-state index contributed by atoms with van der Waals surface area (Å²) >= 11 is 0. The summed E-state index contributed by atoms with van der Waals surface area (Å²) in [5.41, 5.74) is 3.13. The molecule has 112 valence electrons. The Bertz CT molecular complexity index is 578. The highest BCUT2D eigenvalue weighted by atomic mass is 16.4. The van der Waals surface area contributed by atoms with Crippen LogP contribution in [0.25, 0.3) is 5.69 Å². The van der Waals surface area contributed by atoms with Gasteiger partial charge in [-0.1, -0.05) is 36.3 Å². The second-order valence-electron chi connectivity index (χ2n) is 5.18. The number of aryl methyl sites for hydroxylation is 1. The van der Waals surface area contributed by atoms with Crippen molar-refractivity contribution in [3.8, 4) is 5.69 Å². The molecule has 0 fully saturated rings. The second kappa shape index (κ2) is 7.57. The molecule has 1 N–H and O–H groups in total. The molecule has 0 aliphatic rings. The third-order valence-corrected chi connectivity index (χ3v) is 3.51. The van der Waals surface area contributed by atoms with E-state index in [2.05, 4.69) is 10.3 Å². The van der Waals surface area contributed by atoms with Crippen molar-refractivity contribution < 1.29 is 9.90 Å². The molecule has 1 heterocycles. The van der Waals surface area contributed by atoms with Gasteiger partial charge in [0.2, 0.25) is 0 Å². The van der Waals surface area contributed by atoms with E-state index in [1.165, 1.54) is 0 Å². The van der Waals surface area contributed by atoms with Gasteiger partial charge in [0.25, 0.3) is 0 Å². The van der Waals surface area contributed by atoms with Crippen LogP contribution in [0.15, 0.2) is 30.3 Å². The van der Waals surface area contributed by atoms with E-state index in [4.69, 9.17) is 5.11 Å². The van der Waals surface area contributed by atoms with Crippen LogP contribution in [0.3, 0.4) is 0 Å². The largest absolute Gasteiger partial charge is 0.481 e. The van der Waals surface area contributed by atoms with E-state index in [9.17, 15) is 4.79 Å². The molecule has 0 aliphatic carbocycles. The van der Waals surface area contributed by atoms with Gasteiger partial charge in [-0.05, 0) is 38.3 Å². The average Bonchev–Trinajstić information content (AvgIpc) is 2.84. The summed E-state index contributed by atoms with van der Waals surface area (Å²) in [5.74, 6) is -0.711. The topological polar surface area (TPSA) is 68.0 Å². The first kappa shape index (κ1) is 15.2. The van der Waals surface area contributed by atoms with Crippen LogP contribution in [0.2, 0.25) is 0 Å². The van der Waals surface area contributed by atoms with Gasteiger partial charge >= 0.3 is 5.97 Å². The van der Waals surface area contributed by atoms with Crippen molar-refractivity contribution in [2.45, 2.75) is 45.4 Å². The van der Waals surface area contributed by atoms with Crippen LogP contribution in [0.5, 0.6) is 0 Å². The summed E-state index contributed by atoms with van der Waals surface area (Å²) in [7, 11) is 0. The number of para-hydroxylation sites is 1. The Morgan fingerprint density at radius 3 is 2.57 bits per heavy atom. The molecule has 2 rings (SSSR count). The Hall–Kier alpha value is -2.17. The number of unbranched alkanes of at least 4 members (excludes halogenated alkanes) is 3. The van der Waals surface area contributed by atoms with Crippen molar-refractivity contribution in [3.63, 3.8) is 0 Å². The van der Waals surface area contributed by atoms with Gasteiger partial charge in [-0.3, -0.25) is 4.79 Å². The minimum absolute atomic E-state index is 0.266. The molecule has 5 heteroatoms. The number of benzene rings is 1. The molecule has 0 unspecified atom stereocenters. The fourth-order valence-electron chi connectivity index (χ4n) is 2.36. The smallest absolute Gasteiger partial charge is 0.303 e. The number of carboxylic acids is 1. The molecule has 1 aromatic heterocycles. The summed E-state index contributed by atoms with van der Waals surface area (Å²) in [6.07, 6.45) is 4.96. The van der Waals surface area contributed by atoms with E-state index in [1.54, 1.807) is 0 Å².